The number of esters is 1. The Bertz CT molecular complexity index is 1160. The highest BCUT2D eigenvalue weighted by Gasteiger charge is 2.36. The van der Waals surface area contributed by atoms with E-state index < -0.39 is 33.8 Å². The largest absolute Gasteiger partial charge is 0.493 e. The topological polar surface area (TPSA) is 116 Å². The van der Waals surface area contributed by atoms with Crippen molar-refractivity contribution in [2.24, 2.45) is 0 Å². The van der Waals surface area contributed by atoms with Gasteiger partial charge in [0.25, 0.3) is 11.1 Å². The molecule has 2 aromatic carbocycles. The summed E-state index contributed by atoms with van der Waals surface area (Å²) >= 11 is 0.677. The van der Waals surface area contributed by atoms with Gasteiger partial charge in [-0.25, -0.2) is 0 Å². The van der Waals surface area contributed by atoms with Crippen LogP contribution < -0.4 is 8.92 Å². The predicted octanol–water partition coefficient (Wildman–Crippen LogP) is 2.67. The van der Waals surface area contributed by atoms with Gasteiger partial charge in [-0.2, -0.15) is 8.42 Å². The zero-order chi connectivity index (χ0) is 22.6. The Balaban J connectivity index is 1.84. The Morgan fingerprint density at radius 1 is 1.06 bits per heavy atom. The van der Waals surface area contributed by atoms with E-state index in [1.54, 1.807) is 18.2 Å². The number of imide groups is 1. The average Bonchev–Trinajstić information content (AvgIpc) is 3.02. The lowest BCUT2D eigenvalue weighted by Gasteiger charge is -2.11. The van der Waals surface area contributed by atoms with Crippen LogP contribution in [0.25, 0.3) is 6.08 Å². The number of amides is 2. The van der Waals surface area contributed by atoms with E-state index in [1.807, 2.05) is 0 Å². The normalized spacial score (nSPS) is 15.3. The highest BCUT2D eigenvalue weighted by Crippen LogP contribution is 2.35. The highest BCUT2D eigenvalue weighted by molar-refractivity contribution is 8.18. The molecule has 0 N–H and O–H groups in total. The van der Waals surface area contributed by atoms with Gasteiger partial charge in [-0.3, -0.25) is 19.3 Å². The van der Waals surface area contributed by atoms with Crippen LogP contribution in [0.5, 0.6) is 11.5 Å². The van der Waals surface area contributed by atoms with Gasteiger partial charge in [0.15, 0.2) is 11.5 Å². The molecule has 1 fully saturated rings. The molecule has 0 atom stereocenters. The number of nitrogens with zero attached hydrogens (tertiary/aromatic N) is 1. The predicted molar refractivity (Wildman–Crippen MR) is 112 cm³/mol. The first-order chi connectivity index (χ1) is 14.7. The van der Waals surface area contributed by atoms with Gasteiger partial charge in [-0.1, -0.05) is 24.3 Å². The van der Waals surface area contributed by atoms with E-state index in [1.165, 1.54) is 43.5 Å². The second-order valence-corrected chi connectivity index (χ2v) is 8.64. The zero-order valence-corrected chi connectivity index (χ0v) is 18.1. The van der Waals surface area contributed by atoms with Gasteiger partial charge in [0.2, 0.25) is 0 Å². The summed E-state index contributed by atoms with van der Waals surface area (Å²) in [5, 5.41) is -0.595. The van der Waals surface area contributed by atoms with Crippen molar-refractivity contribution in [3.63, 3.8) is 0 Å². The van der Waals surface area contributed by atoms with E-state index in [2.05, 4.69) is 4.74 Å². The maximum Gasteiger partial charge on any atom is 0.339 e. The number of benzene rings is 2. The van der Waals surface area contributed by atoms with Crippen molar-refractivity contribution in [1.82, 2.24) is 4.90 Å². The molecule has 31 heavy (non-hydrogen) atoms. The summed E-state index contributed by atoms with van der Waals surface area (Å²) in [6, 6.07) is 12.0. The molecule has 3 rings (SSSR count). The first-order valence-corrected chi connectivity index (χ1v) is 11.0. The molecule has 9 nitrogen and oxygen atoms in total. The molecule has 0 aromatic heterocycles. The third kappa shape index (κ3) is 5.06. The molecule has 0 bridgehead atoms. The summed E-state index contributed by atoms with van der Waals surface area (Å²) in [4.78, 5) is 36.7. The third-order valence-electron chi connectivity index (χ3n) is 4.11. The van der Waals surface area contributed by atoms with Crippen LogP contribution in [-0.4, -0.2) is 51.2 Å². The van der Waals surface area contributed by atoms with Gasteiger partial charge in [0.1, 0.15) is 11.4 Å². The van der Waals surface area contributed by atoms with Crippen LogP contribution in [0.4, 0.5) is 4.79 Å². The molecule has 0 spiro atoms. The monoisotopic (exact) mass is 463 g/mol. The highest BCUT2D eigenvalue weighted by atomic mass is 32.2. The third-order valence-corrected chi connectivity index (χ3v) is 6.26. The Labute approximate surface area is 182 Å². The molecule has 2 aromatic rings. The van der Waals surface area contributed by atoms with E-state index in [-0.39, 0.29) is 21.3 Å². The van der Waals surface area contributed by atoms with Gasteiger partial charge >= 0.3 is 16.1 Å². The summed E-state index contributed by atoms with van der Waals surface area (Å²) < 4.78 is 39.8. The van der Waals surface area contributed by atoms with Crippen molar-refractivity contribution in [2.45, 2.75) is 4.90 Å². The fraction of sp³-hybridized carbons (Fsp3) is 0.150. The lowest BCUT2D eigenvalue weighted by atomic mass is 10.2. The summed E-state index contributed by atoms with van der Waals surface area (Å²) in [7, 11) is -1.57. The minimum Gasteiger partial charge on any atom is -0.493 e. The Hall–Kier alpha value is -3.31. The fourth-order valence-electron chi connectivity index (χ4n) is 2.58. The fourth-order valence-corrected chi connectivity index (χ4v) is 4.38. The first-order valence-electron chi connectivity index (χ1n) is 8.75. The van der Waals surface area contributed by atoms with E-state index in [0.29, 0.717) is 17.3 Å². The van der Waals surface area contributed by atoms with Crippen LogP contribution in [0.2, 0.25) is 0 Å². The molecule has 0 saturated carbocycles. The summed E-state index contributed by atoms with van der Waals surface area (Å²) in [6.07, 6.45) is 1.43. The molecule has 1 heterocycles. The van der Waals surface area contributed by atoms with Crippen molar-refractivity contribution in [3.05, 3.63) is 59.0 Å². The summed E-state index contributed by atoms with van der Waals surface area (Å²) in [5.41, 5.74) is 0.463. The zero-order valence-electron chi connectivity index (χ0n) is 16.4. The van der Waals surface area contributed by atoms with E-state index >= 15 is 0 Å². The molecular formula is C20H17NO8S2. The Morgan fingerprint density at radius 3 is 2.42 bits per heavy atom. The molecule has 1 saturated heterocycles. The standard InChI is InChI=1S/C20H17NO8S2/c1-27-16-10-13(11-17-19(23)21(20(24)30-17)12-18(22)28-2)8-9-15(16)29-31(25,26)14-6-4-3-5-7-14/h3-11H,12H2,1-2H3/b17-11-. The Morgan fingerprint density at radius 2 is 1.77 bits per heavy atom. The van der Waals surface area contributed by atoms with E-state index in [9.17, 15) is 22.8 Å². The number of rotatable bonds is 7. The van der Waals surface area contributed by atoms with Crippen LogP contribution in [0.1, 0.15) is 5.56 Å². The van der Waals surface area contributed by atoms with Gasteiger partial charge < -0.3 is 13.7 Å². The number of hydrogen-bond acceptors (Lipinski definition) is 9. The minimum absolute atomic E-state index is 0.0135. The van der Waals surface area contributed by atoms with E-state index in [0.717, 1.165) is 12.0 Å². The number of methoxy groups -OCH3 is 2. The quantitative estimate of drug-likeness (QED) is 0.347. The van der Waals surface area contributed by atoms with Crippen molar-refractivity contribution in [1.29, 1.82) is 0 Å². The molecule has 162 valence electrons. The SMILES string of the molecule is COC(=O)CN1C(=O)S/C(=C\c2ccc(OS(=O)(=O)c3ccccc3)c(OC)c2)C1=O. The molecule has 11 heteroatoms. The summed E-state index contributed by atoms with van der Waals surface area (Å²) in [5.74, 6) is -1.28. The van der Waals surface area contributed by atoms with Crippen molar-refractivity contribution in [3.8, 4) is 11.5 Å². The van der Waals surface area contributed by atoms with Gasteiger partial charge in [0.05, 0.1) is 19.1 Å². The van der Waals surface area contributed by atoms with Crippen molar-refractivity contribution >= 4 is 45.1 Å². The molecular weight excluding hydrogens is 446 g/mol. The summed E-state index contributed by atoms with van der Waals surface area (Å²) in [6.45, 7) is -0.480. The maximum absolute atomic E-state index is 12.4. The second-order valence-electron chi connectivity index (χ2n) is 6.10. The molecule has 1 aliphatic heterocycles. The smallest absolute Gasteiger partial charge is 0.339 e. The lowest BCUT2D eigenvalue weighted by molar-refractivity contribution is -0.143. The maximum atomic E-state index is 12.4. The first kappa shape index (κ1) is 22.4. The van der Waals surface area contributed by atoms with Gasteiger partial charge in [-0.05, 0) is 47.7 Å². The van der Waals surface area contributed by atoms with Crippen LogP contribution >= 0.6 is 11.8 Å². The molecule has 0 radical (unpaired) electrons. The van der Waals surface area contributed by atoms with Crippen molar-refractivity contribution in [2.75, 3.05) is 20.8 Å². The van der Waals surface area contributed by atoms with Crippen LogP contribution in [0.3, 0.4) is 0 Å². The minimum atomic E-state index is -4.07. The van der Waals surface area contributed by atoms with Gasteiger partial charge in [0, 0.05) is 0 Å². The molecule has 0 aliphatic carbocycles. The van der Waals surface area contributed by atoms with Crippen molar-refractivity contribution < 1.29 is 36.5 Å². The van der Waals surface area contributed by atoms with Crippen LogP contribution in [0, 0.1) is 0 Å². The van der Waals surface area contributed by atoms with Gasteiger partial charge in [-0.15, -0.1) is 0 Å². The van der Waals surface area contributed by atoms with Crippen LogP contribution in [0.15, 0.2) is 58.3 Å². The Kier molecular flexibility index (Phi) is 6.66. The van der Waals surface area contributed by atoms with Crippen LogP contribution in [-0.2, 0) is 24.4 Å². The molecule has 2 amide bonds. The number of thioether (sulfide) groups is 1. The number of carbonyl (C=O) groups excluding carboxylic acids is 3. The average molecular weight is 463 g/mol. The van der Waals surface area contributed by atoms with E-state index in [4.69, 9.17) is 8.92 Å². The molecule has 1 aliphatic rings. The number of carbonyl (C=O) groups is 3. The lowest BCUT2D eigenvalue weighted by Crippen LogP contribution is -2.34. The number of hydrogen-bond donors (Lipinski definition) is 0. The number of ether oxygens (including phenoxy) is 2. The second kappa shape index (κ2) is 9.23. The molecule has 0 unspecified atom stereocenters.